The van der Waals surface area contributed by atoms with Gasteiger partial charge in [-0.25, -0.2) is 8.42 Å². The van der Waals surface area contributed by atoms with Gasteiger partial charge in [0, 0.05) is 24.7 Å². The lowest BCUT2D eigenvalue weighted by Crippen LogP contribution is -2.50. The Labute approximate surface area is 186 Å². The number of carbonyl (C=O) groups excluding carboxylic acids is 2. The third-order valence-electron chi connectivity index (χ3n) is 5.82. The normalized spacial score (nSPS) is 20.5. The number of rotatable bonds is 5. The smallest absolute Gasteiger partial charge is 0.245 e. The lowest BCUT2D eigenvalue weighted by Gasteiger charge is -2.31. The van der Waals surface area contributed by atoms with Crippen molar-refractivity contribution in [2.24, 2.45) is 0 Å². The van der Waals surface area contributed by atoms with E-state index in [4.69, 9.17) is 11.6 Å². The van der Waals surface area contributed by atoms with Crippen LogP contribution in [0.15, 0.2) is 53.4 Å². The number of nitrogens with one attached hydrogen (secondary N) is 1. The van der Waals surface area contributed by atoms with Crippen LogP contribution in [0.5, 0.6) is 0 Å². The molecule has 2 aromatic carbocycles. The van der Waals surface area contributed by atoms with E-state index >= 15 is 0 Å². The van der Waals surface area contributed by atoms with E-state index in [2.05, 4.69) is 4.72 Å². The SMILES string of the molecule is C[C@@H](C(=O)N1CC=CCC1)N1CC[C@H](NS(=O)(=O)c2ccc3cc(Cl)ccc3c2)C1=O. The topological polar surface area (TPSA) is 86.8 Å². The average molecular weight is 462 g/mol. The Balaban J connectivity index is 1.47. The Kier molecular flexibility index (Phi) is 6.05. The summed E-state index contributed by atoms with van der Waals surface area (Å²) in [5, 5.41) is 2.14. The zero-order valence-corrected chi connectivity index (χ0v) is 18.7. The first kappa shape index (κ1) is 21.8. The first-order valence-electron chi connectivity index (χ1n) is 10.2. The molecule has 1 saturated heterocycles. The van der Waals surface area contributed by atoms with Crippen LogP contribution in [0.4, 0.5) is 0 Å². The molecule has 0 aliphatic carbocycles. The van der Waals surface area contributed by atoms with Gasteiger partial charge in [-0.2, -0.15) is 4.72 Å². The highest BCUT2D eigenvalue weighted by Crippen LogP contribution is 2.24. The molecule has 31 heavy (non-hydrogen) atoms. The van der Waals surface area contributed by atoms with E-state index < -0.39 is 22.1 Å². The van der Waals surface area contributed by atoms with Gasteiger partial charge in [0.25, 0.3) is 0 Å². The molecule has 0 saturated carbocycles. The summed E-state index contributed by atoms with van der Waals surface area (Å²) < 4.78 is 28.3. The number of amides is 2. The molecule has 0 aromatic heterocycles. The number of benzene rings is 2. The lowest BCUT2D eigenvalue weighted by atomic mass is 10.1. The van der Waals surface area contributed by atoms with E-state index in [0.717, 1.165) is 17.2 Å². The first-order chi connectivity index (χ1) is 14.8. The minimum atomic E-state index is -3.90. The summed E-state index contributed by atoms with van der Waals surface area (Å²) >= 11 is 5.99. The summed E-state index contributed by atoms with van der Waals surface area (Å²) in [5.74, 6) is -0.487. The largest absolute Gasteiger partial charge is 0.337 e. The Bertz CT molecular complexity index is 1160. The molecule has 4 rings (SSSR count). The van der Waals surface area contributed by atoms with E-state index in [1.807, 2.05) is 12.2 Å². The van der Waals surface area contributed by atoms with Gasteiger partial charge in [-0.1, -0.05) is 35.9 Å². The Hall–Kier alpha value is -2.42. The second-order valence-corrected chi connectivity index (χ2v) is 10.0. The maximum Gasteiger partial charge on any atom is 0.245 e. The lowest BCUT2D eigenvalue weighted by molar-refractivity contribution is -0.143. The summed E-state index contributed by atoms with van der Waals surface area (Å²) in [4.78, 5) is 28.9. The van der Waals surface area contributed by atoms with Crippen LogP contribution in [-0.4, -0.2) is 61.7 Å². The summed E-state index contributed by atoms with van der Waals surface area (Å²) in [5.41, 5.74) is 0. The number of fused-ring (bicyclic) bond motifs is 1. The number of halogens is 1. The Morgan fingerprint density at radius 1 is 1.13 bits per heavy atom. The molecule has 7 nitrogen and oxygen atoms in total. The van der Waals surface area contributed by atoms with Crippen molar-refractivity contribution < 1.29 is 18.0 Å². The van der Waals surface area contributed by atoms with E-state index in [0.29, 0.717) is 31.1 Å². The molecule has 9 heteroatoms. The standard InChI is InChI=1S/C22H24ClN3O4S/c1-15(21(27)25-10-3-2-4-11-25)26-12-9-20(22(26)28)24-31(29,30)19-8-6-16-13-18(23)7-5-17(16)14-19/h2-3,5-8,13-15,20,24H,4,9-12H2,1H3/t15-,20-/m0/s1. The van der Waals surface area contributed by atoms with Crippen LogP contribution >= 0.6 is 11.6 Å². The highest BCUT2D eigenvalue weighted by Gasteiger charge is 2.40. The van der Waals surface area contributed by atoms with Crippen molar-refractivity contribution in [3.63, 3.8) is 0 Å². The number of nitrogens with zero attached hydrogens (tertiary/aromatic N) is 2. The van der Waals surface area contributed by atoms with Crippen molar-refractivity contribution in [2.75, 3.05) is 19.6 Å². The van der Waals surface area contributed by atoms with Gasteiger partial charge in [-0.05, 0) is 54.8 Å². The predicted molar refractivity (Wildman–Crippen MR) is 119 cm³/mol. The second kappa shape index (κ2) is 8.61. The van der Waals surface area contributed by atoms with Crippen LogP contribution in [0.25, 0.3) is 10.8 Å². The number of hydrogen-bond acceptors (Lipinski definition) is 4. The van der Waals surface area contributed by atoms with E-state index in [-0.39, 0.29) is 16.7 Å². The fourth-order valence-electron chi connectivity index (χ4n) is 4.05. The summed E-state index contributed by atoms with van der Waals surface area (Å²) in [7, 11) is -3.90. The van der Waals surface area contributed by atoms with Crippen LogP contribution < -0.4 is 4.72 Å². The van der Waals surface area contributed by atoms with Gasteiger partial charge in [0.2, 0.25) is 21.8 Å². The fourth-order valence-corrected chi connectivity index (χ4v) is 5.49. The summed E-state index contributed by atoms with van der Waals surface area (Å²) in [6, 6.07) is 8.43. The van der Waals surface area contributed by atoms with Crippen molar-refractivity contribution in [2.45, 2.75) is 36.7 Å². The van der Waals surface area contributed by atoms with Gasteiger partial charge in [-0.15, -0.1) is 0 Å². The van der Waals surface area contributed by atoms with Gasteiger partial charge in [0.05, 0.1) is 4.90 Å². The number of hydrogen-bond donors (Lipinski definition) is 1. The molecular formula is C22H24ClN3O4S. The molecule has 2 amide bonds. The van der Waals surface area contributed by atoms with E-state index in [1.165, 1.54) is 11.0 Å². The van der Waals surface area contributed by atoms with Crippen LogP contribution in [0.3, 0.4) is 0 Å². The fraction of sp³-hybridized carbons (Fsp3) is 0.364. The first-order valence-corrected chi connectivity index (χ1v) is 12.1. The van der Waals surface area contributed by atoms with E-state index in [1.54, 1.807) is 42.2 Å². The van der Waals surface area contributed by atoms with Crippen LogP contribution in [0, 0.1) is 0 Å². The van der Waals surface area contributed by atoms with Crippen LogP contribution in [-0.2, 0) is 19.6 Å². The average Bonchev–Trinajstić information content (AvgIpc) is 3.12. The number of carbonyl (C=O) groups is 2. The van der Waals surface area contributed by atoms with E-state index in [9.17, 15) is 18.0 Å². The van der Waals surface area contributed by atoms with Gasteiger partial charge in [-0.3, -0.25) is 9.59 Å². The van der Waals surface area contributed by atoms with Crippen molar-refractivity contribution in [3.05, 3.63) is 53.6 Å². The highest BCUT2D eigenvalue weighted by atomic mass is 35.5. The quantitative estimate of drug-likeness (QED) is 0.693. The minimum absolute atomic E-state index is 0.0813. The number of likely N-dealkylation sites (tertiary alicyclic amines) is 1. The summed E-state index contributed by atoms with van der Waals surface area (Å²) in [6.45, 7) is 3.20. The van der Waals surface area contributed by atoms with Crippen molar-refractivity contribution in [1.29, 1.82) is 0 Å². The third kappa shape index (κ3) is 4.46. The highest BCUT2D eigenvalue weighted by molar-refractivity contribution is 7.89. The maximum atomic E-state index is 12.9. The molecule has 0 bridgehead atoms. The molecule has 2 aromatic rings. The molecule has 1 fully saturated rings. The Morgan fingerprint density at radius 3 is 2.61 bits per heavy atom. The van der Waals surface area contributed by atoms with Crippen LogP contribution in [0.1, 0.15) is 19.8 Å². The zero-order chi connectivity index (χ0) is 22.2. The molecule has 0 radical (unpaired) electrons. The predicted octanol–water partition coefficient (Wildman–Crippen LogP) is 2.55. The van der Waals surface area contributed by atoms with Gasteiger partial charge in [0.1, 0.15) is 12.1 Å². The molecule has 2 aliphatic rings. The monoisotopic (exact) mass is 461 g/mol. The van der Waals surface area contributed by atoms with Crippen molar-refractivity contribution in [1.82, 2.24) is 14.5 Å². The van der Waals surface area contributed by atoms with Crippen molar-refractivity contribution >= 4 is 44.2 Å². The third-order valence-corrected chi connectivity index (χ3v) is 7.52. The molecule has 2 aliphatic heterocycles. The molecule has 2 atom stereocenters. The molecular weight excluding hydrogens is 438 g/mol. The molecule has 1 N–H and O–H groups in total. The second-order valence-electron chi connectivity index (χ2n) is 7.87. The molecule has 0 spiro atoms. The van der Waals surface area contributed by atoms with Gasteiger partial charge < -0.3 is 9.80 Å². The molecule has 0 unspecified atom stereocenters. The van der Waals surface area contributed by atoms with Gasteiger partial charge >= 0.3 is 0 Å². The minimum Gasteiger partial charge on any atom is -0.337 e. The maximum absolute atomic E-state index is 12.9. The number of sulfonamides is 1. The van der Waals surface area contributed by atoms with Crippen molar-refractivity contribution in [3.8, 4) is 0 Å². The molecule has 2 heterocycles. The summed E-state index contributed by atoms with van der Waals surface area (Å²) in [6.07, 6.45) is 5.08. The Morgan fingerprint density at radius 2 is 1.87 bits per heavy atom. The van der Waals surface area contributed by atoms with Crippen LogP contribution in [0.2, 0.25) is 5.02 Å². The molecule has 164 valence electrons. The van der Waals surface area contributed by atoms with Gasteiger partial charge in [0.15, 0.2) is 0 Å². The zero-order valence-electron chi connectivity index (χ0n) is 17.1.